The second-order valence-electron chi connectivity index (χ2n) is 4.30. The highest BCUT2D eigenvalue weighted by Crippen LogP contribution is 2.11. The van der Waals surface area contributed by atoms with E-state index in [4.69, 9.17) is 5.73 Å². The highest BCUT2D eigenvalue weighted by molar-refractivity contribution is 5.76. The molecule has 1 aromatic rings. The first-order valence-electron chi connectivity index (χ1n) is 6.22. The summed E-state index contributed by atoms with van der Waals surface area (Å²) in [4.78, 5) is 13.9. The van der Waals surface area contributed by atoms with Crippen molar-refractivity contribution in [2.24, 2.45) is 5.73 Å². The molecule has 1 unspecified atom stereocenters. The molecule has 3 heteroatoms. The van der Waals surface area contributed by atoms with E-state index in [1.54, 1.807) is 0 Å². The second-order valence-corrected chi connectivity index (χ2v) is 4.30. The molecule has 3 nitrogen and oxygen atoms in total. The highest BCUT2D eigenvalue weighted by Gasteiger charge is 2.18. The van der Waals surface area contributed by atoms with Gasteiger partial charge in [-0.2, -0.15) is 0 Å². The summed E-state index contributed by atoms with van der Waals surface area (Å²) in [6, 6.07) is 10.3. The molecule has 0 aliphatic carbocycles. The van der Waals surface area contributed by atoms with Crippen LogP contribution in [0, 0.1) is 0 Å². The predicted octanol–water partition coefficient (Wildman–Crippen LogP) is 2.16. The van der Waals surface area contributed by atoms with Crippen molar-refractivity contribution in [3.05, 3.63) is 35.9 Å². The number of hydrogen-bond acceptors (Lipinski definition) is 2. The predicted molar refractivity (Wildman–Crippen MR) is 70.4 cm³/mol. The van der Waals surface area contributed by atoms with Crippen LogP contribution in [0.1, 0.15) is 32.3 Å². The topological polar surface area (TPSA) is 46.3 Å². The van der Waals surface area contributed by atoms with Gasteiger partial charge in [0.05, 0.1) is 0 Å². The van der Waals surface area contributed by atoms with Crippen molar-refractivity contribution in [1.82, 2.24) is 4.90 Å². The van der Waals surface area contributed by atoms with Gasteiger partial charge in [-0.1, -0.05) is 37.3 Å². The van der Waals surface area contributed by atoms with Crippen LogP contribution in [0.15, 0.2) is 30.3 Å². The van der Waals surface area contributed by atoms with Crippen LogP contribution in [0.2, 0.25) is 0 Å². The van der Waals surface area contributed by atoms with E-state index in [1.807, 2.05) is 35.2 Å². The minimum atomic E-state index is 0.144. The van der Waals surface area contributed by atoms with E-state index in [1.165, 1.54) is 0 Å². The molecule has 0 radical (unpaired) electrons. The number of carbonyl (C=O) groups is 1. The lowest BCUT2D eigenvalue weighted by Gasteiger charge is -2.28. The second kappa shape index (κ2) is 7.07. The molecule has 0 heterocycles. The molecule has 0 aromatic heterocycles. The Kier molecular flexibility index (Phi) is 5.70. The van der Waals surface area contributed by atoms with Crippen molar-refractivity contribution in [1.29, 1.82) is 0 Å². The molecule has 2 N–H and O–H groups in total. The summed E-state index contributed by atoms with van der Waals surface area (Å²) < 4.78 is 0. The lowest BCUT2D eigenvalue weighted by atomic mass is 10.1. The normalized spacial score (nSPS) is 12.2. The first-order chi connectivity index (χ1) is 8.19. The fourth-order valence-corrected chi connectivity index (χ4v) is 1.76. The molecule has 0 aliphatic rings. The number of benzene rings is 1. The van der Waals surface area contributed by atoms with Gasteiger partial charge in [-0.3, -0.25) is 4.79 Å². The molecule has 0 bridgehead atoms. The fourth-order valence-electron chi connectivity index (χ4n) is 1.76. The van der Waals surface area contributed by atoms with Crippen LogP contribution in [0.5, 0.6) is 0 Å². The Labute approximate surface area is 104 Å². The zero-order valence-electron chi connectivity index (χ0n) is 10.7. The van der Waals surface area contributed by atoms with E-state index in [-0.39, 0.29) is 11.9 Å². The SMILES string of the molecule is CCC(C)N(Cc1ccccc1)C(=O)CCN. The van der Waals surface area contributed by atoms with E-state index in [0.29, 0.717) is 19.5 Å². The van der Waals surface area contributed by atoms with Gasteiger partial charge in [-0.15, -0.1) is 0 Å². The lowest BCUT2D eigenvalue weighted by molar-refractivity contribution is -0.133. The Bertz CT molecular complexity index is 337. The van der Waals surface area contributed by atoms with E-state index < -0.39 is 0 Å². The van der Waals surface area contributed by atoms with Gasteiger partial charge in [-0.05, 0) is 18.9 Å². The molecule has 1 atom stereocenters. The summed E-state index contributed by atoms with van der Waals surface area (Å²) in [5.41, 5.74) is 6.62. The maximum atomic E-state index is 12.0. The molecule has 1 aromatic carbocycles. The fraction of sp³-hybridized carbons (Fsp3) is 0.500. The van der Waals surface area contributed by atoms with Crippen LogP contribution >= 0.6 is 0 Å². The van der Waals surface area contributed by atoms with Crippen LogP contribution in [0.25, 0.3) is 0 Å². The first-order valence-corrected chi connectivity index (χ1v) is 6.22. The highest BCUT2D eigenvalue weighted by atomic mass is 16.2. The molecule has 94 valence electrons. The van der Waals surface area contributed by atoms with Crippen molar-refractivity contribution in [3.63, 3.8) is 0 Å². The molecule has 0 saturated heterocycles. The summed E-state index contributed by atoms with van der Waals surface area (Å²) in [5, 5.41) is 0. The van der Waals surface area contributed by atoms with Gasteiger partial charge in [0.25, 0.3) is 0 Å². The van der Waals surface area contributed by atoms with E-state index in [0.717, 1.165) is 12.0 Å². The molecule has 0 saturated carbocycles. The third kappa shape index (κ3) is 4.19. The van der Waals surface area contributed by atoms with Crippen molar-refractivity contribution in [2.75, 3.05) is 6.54 Å². The van der Waals surface area contributed by atoms with Gasteiger partial charge in [0.1, 0.15) is 0 Å². The van der Waals surface area contributed by atoms with E-state index >= 15 is 0 Å². The molecule has 0 aliphatic heterocycles. The third-order valence-corrected chi connectivity index (χ3v) is 3.00. The molecule has 17 heavy (non-hydrogen) atoms. The van der Waals surface area contributed by atoms with Gasteiger partial charge in [0, 0.05) is 25.6 Å². The lowest BCUT2D eigenvalue weighted by Crippen LogP contribution is -2.38. The van der Waals surface area contributed by atoms with E-state index in [9.17, 15) is 4.79 Å². The number of carbonyl (C=O) groups excluding carboxylic acids is 1. The Morgan fingerprint density at radius 3 is 2.53 bits per heavy atom. The third-order valence-electron chi connectivity index (χ3n) is 3.00. The van der Waals surface area contributed by atoms with Gasteiger partial charge in [0.2, 0.25) is 5.91 Å². The largest absolute Gasteiger partial charge is 0.336 e. The smallest absolute Gasteiger partial charge is 0.224 e. The van der Waals surface area contributed by atoms with Crippen molar-refractivity contribution in [3.8, 4) is 0 Å². The molecule has 0 fully saturated rings. The Balaban J connectivity index is 2.73. The van der Waals surface area contributed by atoms with Crippen molar-refractivity contribution < 1.29 is 4.79 Å². The maximum absolute atomic E-state index is 12.0. The molecule has 0 spiro atoms. The van der Waals surface area contributed by atoms with Crippen LogP contribution in [-0.2, 0) is 11.3 Å². The van der Waals surface area contributed by atoms with Gasteiger partial charge in [-0.25, -0.2) is 0 Å². The summed E-state index contributed by atoms with van der Waals surface area (Å²) in [6.07, 6.45) is 1.39. The Hall–Kier alpha value is -1.35. The first kappa shape index (κ1) is 13.7. The van der Waals surface area contributed by atoms with E-state index in [2.05, 4.69) is 13.8 Å². The van der Waals surface area contributed by atoms with Crippen LogP contribution in [0.3, 0.4) is 0 Å². The van der Waals surface area contributed by atoms with Crippen LogP contribution in [0.4, 0.5) is 0 Å². The average Bonchev–Trinajstić information content (AvgIpc) is 2.36. The summed E-state index contributed by atoms with van der Waals surface area (Å²) in [5.74, 6) is 0.144. The summed E-state index contributed by atoms with van der Waals surface area (Å²) >= 11 is 0. The quantitative estimate of drug-likeness (QED) is 0.820. The van der Waals surface area contributed by atoms with Gasteiger partial charge >= 0.3 is 0 Å². The zero-order chi connectivity index (χ0) is 12.7. The average molecular weight is 234 g/mol. The Morgan fingerprint density at radius 1 is 1.35 bits per heavy atom. The molecule has 1 rings (SSSR count). The Morgan fingerprint density at radius 2 is 2.00 bits per heavy atom. The number of rotatable bonds is 6. The van der Waals surface area contributed by atoms with Crippen molar-refractivity contribution in [2.45, 2.75) is 39.3 Å². The maximum Gasteiger partial charge on any atom is 0.224 e. The van der Waals surface area contributed by atoms with Gasteiger partial charge < -0.3 is 10.6 Å². The number of nitrogens with two attached hydrogens (primary N) is 1. The summed E-state index contributed by atoms with van der Waals surface area (Å²) in [7, 11) is 0. The van der Waals surface area contributed by atoms with Crippen LogP contribution < -0.4 is 5.73 Å². The van der Waals surface area contributed by atoms with Crippen molar-refractivity contribution >= 4 is 5.91 Å². The standard InChI is InChI=1S/C14H22N2O/c1-3-12(2)16(14(17)9-10-15)11-13-7-5-4-6-8-13/h4-8,12H,3,9-11,15H2,1-2H3. The number of amides is 1. The molecule has 1 amide bonds. The van der Waals surface area contributed by atoms with Crippen LogP contribution in [-0.4, -0.2) is 23.4 Å². The summed E-state index contributed by atoms with van der Waals surface area (Å²) in [6.45, 7) is 5.27. The number of hydrogen-bond donors (Lipinski definition) is 1. The number of nitrogens with zero attached hydrogens (tertiary/aromatic N) is 1. The molecular weight excluding hydrogens is 212 g/mol. The van der Waals surface area contributed by atoms with Gasteiger partial charge in [0.15, 0.2) is 0 Å². The minimum absolute atomic E-state index is 0.144. The molecular formula is C14H22N2O. The minimum Gasteiger partial charge on any atom is -0.336 e. The zero-order valence-corrected chi connectivity index (χ0v) is 10.7. The monoisotopic (exact) mass is 234 g/mol.